The van der Waals surface area contributed by atoms with Crippen LogP contribution in [0.3, 0.4) is 0 Å². The van der Waals surface area contributed by atoms with E-state index in [0.717, 1.165) is 65.9 Å². The first-order valence-electron chi connectivity index (χ1n) is 11.5. The van der Waals surface area contributed by atoms with Crippen LogP contribution in [-0.4, -0.2) is 42.6 Å². The Kier molecular flexibility index (Phi) is 7.20. The van der Waals surface area contributed by atoms with E-state index >= 15 is 0 Å². The number of hydrogen-bond donors (Lipinski definition) is 0. The molecule has 33 heavy (non-hydrogen) atoms. The molecule has 174 valence electrons. The smallest absolute Gasteiger partial charge is 0.163 e. The van der Waals surface area contributed by atoms with Crippen LogP contribution in [-0.2, 0) is 20.8 Å². The third kappa shape index (κ3) is 5.64. The Morgan fingerprint density at radius 2 is 1.76 bits per heavy atom. The van der Waals surface area contributed by atoms with Gasteiger partial charge in [0.1, 0.15) is 6.10 Å². The fourth-order valence-corrected chi connectivity index (χ4v) is 4.60. The first kappa shape index (κ1) is 23.9. The van der Waals surface area contributed by atoms with Gasteiger partial charge in [0.25, 0.3) is 0 Å². The van der Waals surface area contributed by atoms with Crippen molar-refractivity contribution in [2.24, 2.45) is 0 Å². The molecule has 0 bridgehead atoms. The van der Waals surface area contributed by atoms with E-state index < -0.39 is 11.7 Å². The molecule has 3 aromatic carbocycles. The number of fused-ring (bicyclic) bond motifs is 1. The summed E-state index contributed by atoms with van der Waals surface area (Å²) in [5.41, 5.74) is 3.65. The summed E-state index contributed by atoms with van der Waals surface area (Å²) in [6.45, 7) is 11.5. The fourth-order valence-electron chi connectivity index (χ4n) is 4.48. The van der Waals surface area contributed by atoms with Crippen molar-refractivity contribution < 1.29 is 14.3 Å². The van der Waals surface area contributed by atoms with Crippen molar-refractivity contribution in [2.45, 2.75) is 45.9 Å². The van der Waals surface area contributed by atoms with Crippen LogP contribution in [0.25, 0.3) is 21.9 Å². The van der Waals surface area contributed by atoms with Crippen molar-refractivity contribution >= 4 is 28.2 Å². The van der Waals surface area contributed by atoms with Gasteiger partial charge in [0.05, 0.1) is 18.8 Å². The molecular weight excluding hydrogens is 434 g/mol. The maximum Gasteiger partial charge on any atom is 0.163 e. The van der Waals surface area contributed by atoms with Gasteiger partial charge in [-0.1, -0.05) is 48.0 Å². The molecular formula is C28H32ClNO3. The molecule has 0 spiro atoms. The van der Waals surface area contributed by atoms with Crippen LogP contribution in [0.1, 0.15) is 44.9 Å². The van der Waals surface area contributed by atoms with Gasteiger partial charge in [-0.25, -0.2) is 0 Å². The quantitative estimate of drug-likeness (QED) is 0.420. The largest absolute Gasteiger partial charge is 0.379 e. The minimum atomic E-state index is -0.670. The number of ketones is 1. The molecule has 1 saturated heterocycles. The van der Waals surface area contributed by atoms with Gasteiger partial charge < -0.3 is 9.47 Å². The second-order valence-electron chi connectivity index (χ2n) is 9.66. The van der Waals surface area contributed by atoms with E-state index in [1.165, 1.54) is 0 Å². The normalized spacial score (nSPS) is 16.2. The van der Waals surface area contributed by atoms with Gasteiger partial charge in [-0.2, -0.15) is 0 Å². The number of benzene rings is 3. The van der Waals surface area contributed by atoms with E-state index in [4.69, 9.17) is 21.1 Å². The fraction of sp³-hybridized carbons (Fsp3) is 0.393. The second kappa shape index (κ2) is 9.94. The zero-order valence-corrected chi connectivity index (χ0v) is 20.6. The molecule has 0 aromatic heterocycles. The molecule has 4 rings (SSSR count). The molecule has 0 radical (unpaired) electrons. The third-order valence-corrected chi connectivity index (χ3v) is 6.16. The molecule has 1 heterocycles. The summed E-state index contributed by atoms with van der Waals surface area (Å²) in [6.07, 6.45) is -0.670. The predicted octanol–water partition coefficient (Wildman–Crippen LogP) is 6.44. The van der Waals surface area contributed by atoms with Crippen molar-refractivity contribution in [2.75, 3.05) is 26.3 Å². The van der Waals surface area contributed by atoms with E-state index in [-0.39, 0.29) is 5.78 Å². The SMILES string of the molecule is CC(=O)[C@@H](OC(C)(C)C)c1c(CN2CCOCC2)cc2ccccc2c1-c1ccc(Cl)cc1. The Morgan fingerprint density at radius 1 is 1.09 bits per heavy atom. The lowest BCUT2D eigenvalue weighted by Gasteiger charge is -2.32. The lowest BCUT2D eigenvalue weighted by molar-refractivity contribution is -0.138. The molecule has 1 atom stereocenters. The molecule has 1 aliphatic heterocycles. The third-order valence-electron chi connectivity index (χ3n) is 5.91. The molecule has 3 aromatic rings. The van der Waals surface area contributed by atoms with Crippen LogP contribution in [0.15, 0.2) is 54.6 Å². The number of carbonyl (C=O) groups is 1. The predicted molar refractivity (Wildman–Crippen MR) is 135 cm³/mol. The highest BCUT2D eigenvalue weighted by Gasteiger charge is 2.31. The summed E-state index contributed by atoms with van der Waals surface area (Å²) >= 11 is 6.22. The summed E-state index contributed by atoms with van der Waals surface area (Å²) in [7, 11) is 0. The van der Waals surface area contributed by atoms with Crippen molar-refractivity contribution in [3.63, 3.8) is 0 Å². The standard InChI is InChI=1S/C28H32ClNO3/c1-19(31)27(33-28(2,3)4)26-22(18-30-13-15-32-16-14-30)17-21-7-5-6-8-24(21)25(26)20-9-11-23(29)12-10-20/h5-12,17,27H,13-16,18H2,1-4H3/t27-/m1/s1. The summed E-state index contributed by atoms with van der Waals surface area (Å²) in [5.74, 6) is -0.00125. The lowest BCUT2D eigenvalue weighted by atomic mass is 9.85. The van der Waals surface area contributed by atoms with Gasteiger partial charge in [-0.3, -0.25) is 9.69 Å². The molecule has 0 amide bonds. The number of carbonyl (C=O) groups excluding carboxylic acids is 1. The van der Waals surface area contributed by atoms with Crippen LogP contribution >= 0.6 is 11.6 Å². The minimum Gasteiger partial charge on any atom is -0.379 e. The minimum absolute atomic E-state index is 0.00125. The van der Waals surface area contributed by atoms with E-state index in [2.05, 4.69) is 29.2 Å². The van der Waals surface area contributed by atoms with Crippen LogP contribution in [0, 0.1) is 0 Å². The number of nitrogens with zero attached hydrogens (tertiary/aromatic N) is 1. The number of halogens is 1. The monoisotopic (exact) mass is 465 g/mol. The average Bonchev–Trinajstić information content (AvgIpc) is 2.77. The van der Waals surface area contributed by atoms with Crippen molar-refractivity contribution in [3.05, 3.63) is 70.7 Å². The van der Waals surface area contributed by atoms with E-state index in [0.29, 0.717) is 5.02 Å². The maximum atomic E-state index is 13.1. The molecule has 1 fully saturated rings. The molecule has 0 unspecified atom stereocenters. The zero-order valence-electron chi connectivity index (χ0n) is 19.9. The number of hydrogen-bond acceptors (Lipinski definition) is 4. The van der Waals surface area contributed by atoms with E-state index in [1.54, 1.807) is 6.92 Å². The van der Waals surface area contributed by atoms with Gasteiger partial charge in [0.15, 0.2) is 5.78 Å². The van der Waals surface area contributed by atoms with Crippen LogP contribution in [0.5, 0.6) is 0 Å². The number of morpholine rings is 1. The van der Waals surface area contributed by atoms with Crippen LogP contribution < -0.4 is 0 Å². The molecule has 4 nitrogen and oxygen atoms in total. The van der Waals surface area contributed by atoms with Gasteiger partial charge in [-0.05, 0) is 73.4 Å². The summed E-state index contributed by atoms with van der Waals surface area (Å²) in [5, 5.41) is 2.93. The molecule has 0 saturated carbocycles. The molecule has 1 aliphatic rings. The highest BCUT2D eigenvalue weighted by molar-refractivity contribution is 6.30. The maximum absolute atomic E-state index is 13.1. The Bertz CT molecular complexity index is 1130. The van der Waals surface area contributed by atoms with Crippen molar-refractivity contribution in [1.29, 1.82) is 0 Å². The number of rotatable bonds is 6. The van der Waals surface area contributed by atoms with Gasteiger partial charge >= 0.3 is 0 Å². The van der Waals surface area contributed by atoms with Crippen LogP contribution in [0.4, 0.5) is 0 Å². The average molecular weight is 466 g/mol. The topological polar surface area (TPSA) is 38.8 Å². The highest BCUT2D eigenvalue weighted by Crippen LogP contribution is 2.41. The summed E-state index contributed by atoms with van der Waals surface area (Å²) in [6, 6.07) is 18.4. The van der Waals surface area contributed by atoms with Gasteiger partial charge in [-0.15, -0.1) is 0 Å². The lowest BCUT2D eigenvalue weighted by Crippen LogP contribution is -2.36. The van der Waals surface area contributed by atoms with Gasteiger partial charge in [0.2, 0.25) is 0 Å². The van der Waals surface area contributed by atoms with Crippen LogP contribution in [0.2, 0.25) is 5.02 Å². The van der Waals surface area contributed by atoms with E-state index in [1.807, 2.05) is 51.1 Å². The van der Waals surface area contributed by atoms with Gasteiger partial charge in [0, 0.05) is 30.2 Å². The Morgan fingerprint density at radius 3 is 2.39 bits per heavy atom. The summed E-state index contributed by atoms with van der Waals surface area (Å²) < 4.78 is 12.0. The van der Waals surface area contributed by atoms with E-state index in [9.17, 15) is 4.79 Å². The number of Topliss-reactive ketones (excluding diaryl/α,β-unsaturated/α-hetero) is 1. The molecule has 0 aliphatic carbocycles. The highest BCUT2D eigenvalue weighted by atomic mass is 35.5. The van der Waals surface area contributed by atoms with Crippen molar-refractivity contribution in [3.8, 4) is 11.1 Å². The van der Waals surface area contributed by atoms with Crippen molar-refractivity contribution in [1.82, 2.24) is 4.90 Å². The summed E-state index contributed by atoms with van der Waals surface area (Å²) in [4.78, 5) is 15.4. The Hall–Kier alpha value is -2.24. The first-order chi connectivity index (χ1) is 15.7. The second-order valence-corrected chi connectivity index (χ2v) is 10.1. The zero-order chi connectivity index (χ0) is 23.6. The number of ether oxygens (including phenoxy) is 2. The Balaban J connectivity index is 2.00. The molecule has 5 heteroatoms. The molecule has 0 N–H and O–H groups in total. The Labute approximate surface area is 201 Å². The first-order valence-corrected chi connectivity index (χ1v) is 11.9.